The first-order chi connectivity index (χ1) is 10.0. The van der Waals surface area contributed by atoms with Gasteiger partial charge in [0.05, 0.1) is 7.11 Å². The van der Waals surface area contributed by atoms with Crippen LogP contribution in [0.4, 0.5) is 8.78 Å². The fourth-order valence-corrected chi connectivity index (χ4v) is 1.76. The van der Waals surface area contributed by atoms with E-state index in [-0.39, 0.29) is 11.5 Å². The zero-order valence-corrected chi connectivity index (χ0v) is 11.2. The van der Waals surface area contributed by atoms with Crippen molar-refractivity contribution in [3.05, 3.63) is 60.7 Å². The Morgan fingerprint density at radius 3 is 2.00 bits per heavy atom. The molecule has 0 bridgehead atoms. The normalized spacial score (nSPS) is 10.0. The monoisotopic (exact) mass is 290 g/mol. The van der Waals surface area contributed by atoms with Crippen molar-refractivity contribution in [2.24, 2.45) is 0 Å². The topological polar surface area (TPSA) is 35.5 Å². The van der Waals surface area contributed by atoms with E-state index in [1.165, 1.54) is 31.4 Å². The maximum atomic E-state index is 13.8. The van der Waals surface area contributed by atoms with Crippen LogP contribution in [-0.2, 0) is 4.79 Å². The summed E-state index contributed by atoms with van der Waals surface area (Å²) in [7, 11) is 1.36. The zero-order valence-electron chi connectivity index (χ0n) is 11.2. The summed E-state index contributed by atoms with van der Waals surface area (Å²) >= 11 is 0. The Hall–Kier alpha value is -2.69. The number of methoxy groups -OCH3 is 1. The van der Waals surface area contributed by atoms with E-state index in [1.807, 2.05) is 0 Å². The molecule has 3 nitrogen and oxygen atoms in total. The van der Waals surface area contributed by atoms with Crippen molar-refractivity contribution in [1.82, 2.24) is 0 Å². The van der Waals surface area contributed by atoms with Gasteiger partial charge in [0.15, 0.2) is 23.1 Å². The summed E-state index contributed by atoms with van der Waals surface area (Å²) in [6, 6.07) is 8.28. The van der Waals surface area contributed by atoms with E-state index < -0.39 is 17.6 Å². The van der Waals surface area contributed by atoms with E-state index in [1.54, 1.807) is 6.07 Å². The average molecular weight is 290 g/mol. The number of carbonyl (C=O) groups is 1. The standard InChI is InChI=1S/C16H12F2O3/c1-3-16(19)21-15-7-5-11(9-13(15)18)10-4-6-14(20-2)12(17)8-10/h3-9H,1H2,2H3. The maximum absolute atomic E-state index is 13.8. The average Bonchev–Trinajstić information content (AvgIpc) is 2.49. The molecule has 21 heavy (non-hydrogen) atoms. The van der Waals surface area contributed by atoms with Crippen LogP contribution in [0.2, 0.25) is 0 Å². The van der Waals surface area contributed by atoms with Gasteiger partial charge in [-0.05, 0) is 35.4 Å². The van der Waals surface area contributed by atoms with Crippen LogP contribution < -0.4 is 9.47 Å². The maximum Gasteiger partial charge on any atom is 0.335 e. The molecule has 0 spiro atoms. The van der Waals surface area contributed by atoms with Crippen molar-refractivity contribution in [2.45, 2.75) is 0 Å². The van der Waals surface area contributed by atoms with E-state index in [4.69, 9.17) is 9.47 Å². The highest BCUT2D eigenvalue weighted by Crippen LogP contribution is 2.28. The van der Waals surface area contributed by atoms with E-state index in [0.29, 0.717) is 11.1 Å². The van der Waals surface area contributed by atoms with E-state index in [0.717, 1.165) is 12.1 Å². The lowest BCUT2D eigenvalue weighted by Crippen LogP contribution is -2.04. The third kappa shape index (κ3) is 3.25. The lowest BCUT2D eigenvalue weighted by Gasteiger charge is -2.08. The van der Waals surface area contributed by atoms with Gasteiger partial charge in [-0.25, -0.2) is 13.6 Å². The fourth-order valence-electron chi connectivity index (χ4n) is 1.76. The summed E-state index contributed by atoms with van der Waals surface area (Å²) in [6.45, 7) is 3.23. The first-order valence-electron chi connectivity index (χ1n) is 6.03. The number of esters is 1. The van der Waals surface area contributed by atoms with E-state index >= 15 is 0 Å². The van der Waals surface area contributed by atoms with Crippen LogP contribution in [0.15, 0.2) is 49.1 Å². The second-order valence-corrected chi connectivity index (χ2v) is 4.12. The van der Waals surface area contributed by atoms with Gasteiger partial charge in [0.25, 0.3) is 0 Å². The number of hydrogen-bond donors (Lipinski definition) is 0. The third-order valence-corrected chi connectivity index (χ3v) is 2.79. The van der Waals surface area contributed by atoms with Crippen molar-refractivity contribution < 1.29 is 23.0 Å². The largest absolute Gasteiger partial charge is 0.494 e. The first kappa shape index (κ1) is 14.7. The Labute approximate surface area is 120 Å². The molecule has 0 saturated heterocycles. The van der Waals surface area contributed by atoms with Gasteiger partial charge in [0, 0.05) is 6.08 Å². The summed E-state index contributed by atoms with van der Waals surface area (Å²) in [5.41, 5.74) is 0.932. The van der Waals surface area contributed by atoms with Gasteiger partial charge in [0.2, 0.25) is 0 Å². The van der Waals surface area contributed by atoms with Crippen molar-refractivity contribution >= 4 is 5.97 Å². The Bertz CT molecular complexity index is 696. The van der Waals surface area contributed by atoms with E-state index in [9.17, 15) is 13.6 Å². The molecule has 0 aliphatic heterocycles. The Kier molecular flexibility index (Phi) is 4.33. The van der Waals surface area contributed by atoms with Crippen molar-refractivity contribution in [3.8, 4) is 22.6 Å². The molecule has 2 aromatic carbocycles. The Balaban J connectivity index is 2.33. The first-order valence-corrected chi connectivity index (χ1v) is 6.03. The van der Waals surface area contributed by atoms with Gasteiger partial charge in [-0.2, -0.15) is 0 Å². The quantitative estimate of drug-likeness (QED) is 0.489. The molecule has 0 heterocycles. The smallest absolute Gasteiger partial charge is 0.335 e. The van der Waals surface area contributed by atoms with E-state index in [2.05, 4.69) is 6.58 Å². The van der Waals surface area contributed by atoms with Crippen molar-refractivity contribution in [2.75, 3.05) is 7.11 Å². The highest BCUT2D eigenvalue weighted by atomic mass is 19.1. The fraction of sp³-hybridized carbons (Fsp3) is 0.0625. The lowest BCUT2D eigenvalue weighted by molar-refractivity contribution is -0.129. The number of rotatable bonds is 4. The van der Waals surface area contributed by atoms with Crippen LogP contribution in [0.5, 0.6) is 11.5 Å². The minimum atomic E-state index is -0.753. The van der Waals surface area contributed by atoms with Gasteiger partial charge < -0.3 is 9.47 Å². The van der Waals surface area contributed by atoms with Crippen LogP contribution in [0.25, 0.3) is 11.1 Å². The molecule has 0 aromatic heterocycles. The second-order valence-electron chi connectivity index (χ2n) is 4.12. The van der Waals surface area contributed by atoms with Crippen LogP contribution in [0.1, 0.15) is 0 Å². The second kappa shape index (κ2) is 6.17. The molecule has 2 rings (SSSR count). The highest BCUT2D eigenvalue weighted by Gasteiger charge is 2.10. The summed E-state index contributed by atoms with van der Waals surface area (Å²) in [5, 5.41) is 0. The Morgan fingerprint density at radius 1 is 1.05 bits per heavy atom. The molecule has 0 unspecified atom stereocenters. The zero-order chi connectivity index (χ0) is 15.4. The summed E-state index contributed by atoms with van der Waals surface area (Å²) < 4.78 is 37.0. The molecule has 0 radical (unpaired) electrons. The third-order valence-electron chi connectivity index (χ3n) is 2.79. The molecule has 0 aliphatic rings. The van der Waals surface area contributed by atoms with Gasteiger partial charge in [-0.15, -0.1) is 0 Å². The molecule has 0 N–H and O–H groups in total. The molecule has 2 aromatic rings. The predicted molar refractivity (Wildman–Crippen MR) is 74.2 cm³/mol. The highest BCUT2D eigenvalue weighted by molar-refractivity contribution is 5.83. The molecule has 108 valence electrons. The molecule has 0 amide bonds. The number of halogens is 2. The van der Waals surface area contributed by atoms with Crippen LogP contribution in [0, 0.1) is 11.6 Å². The van der Waals surface area contributed by atoms with Gasteiger partial charge in [0.1, 0.15) is 0 Å². The minimum absolute atomic E-state index is 0.107. The molecule has 0 atom stereocenters. The van der Waals surface area contributed by atoms with Gasteiger partial charge in [-0.1, -0.05) is 18.7 Å². The molecular weight excluding hydrogens is 278 g/mol. The van der Waals surface area contributed by atoms with Crippen molar-refractivity contribution in [1.29, 1.82) is 0 Å². The molecule has 5 heteroatoms. The lowest BCUT2D eigenvalue weighted by atomic mass is 10.0. The van der Waals surface area contributed by atoms with Crippen LogP contribution >= 0.6 is 0 Å². The van der Waals surface area contributed by atoms with Crippen LogP contribution in [0.3, 0.4) is 0 Å². The molecule has 0 fully saturated rings. The summed E-state index contributed by atoms with van der Waals surface area (Å²) in [4.78, 5) is 11.0. The number of benzene rings is 2. The van der Waals surface area contributed by atoms with Crippen molar-refractivity contribution in [3.63, 3.8) is 0 Å². The predicted octanol–water partition coefficient (Wildman–Crippen LogP) is 3.73. The van der Waals surface area contributed by atoms with Gasteiger partial charge in [-0.3, -0.25) is 0 Å². The summed E-state index contributed by atoms with van der Waals surface area (Å²) in [5.74, 6) is -2.12. The number of carbonyl (C=O) groups excluding carboxylic acids is 1. The molecule has 0 saturated carbocycles. The minimum Gasteiger partial charge on any atom is -0.494 e. The van der Waals surface area contributed by atoms with Gasteiger partial charge >= 0.3 is 5.97 Å². The Morgan fingerprint density at radius 2 is 1.57 bits per heavy atom. The van der Waals surface area contributed by atoms with Crippen LogP contribution in [-0.4, -0.2) is 13.1 Å². The number of ether oxygens (including phenoxy) is 2. The number of hydrogen-bond acceptors (Lipinski definition) is 3. The summed E-state index contributed by atoms with van der Waals surface area (Å²) in [6.07, 6.45) is 0.937. The SMILES string of the molecule is C=CC(=O)Oc1ccc(-c2ccc(OC)c(F)c2)cc1F. The molecular formula is C16H12F2O3. The molecule has 0 aliphatic carbocycles.